The Morgan fingerprint density at radius 3 is 2.76 bits per heavy atom. The van der Waals surface area contributed by atoms with Gasteiger partial charge in [0.05, 0.1) is 5.69 Å². The Morgan fingerprint density at radius 1 is 1.28 bits per heavy atom. The van der Waals surface area contributed by atoms with E-state index < -0.39 is 5.60 Å². The number of hydrogen-bond donors (Lipinski definition) is 1. The molecular formula is C18H15N5O2. The maximum atomic E-state index is 12.9. The molecule has 1 N–H and O–H groups in total. The monoisotopic (exact) mass is 333 g/mol. The molecule has 0 spiro atoms. The van der Waals surface area contributed by atoms with Crippen LogP contribution in [0.25, 0.3) is 10.4 Å². The quantitative estimate of drug-likeness (QED) is 0.513. The average molecular weight is 333 g/mol. The van der Waals surface area contributed by atoms with Crippen molar-refractivity contribution < 1.29 is 9.90 Å². The van der Waals surface area contributed by atoms with E-state index in [1.807, 2.05) is 17.9 Å². The van der Waals surface area contributed by atoms with Gasteiger partial charge in [0, 0.05) is 34.8 Å². The largest absolute Gasteiger partial charge is 0.374 e. The van der Waals surface area contributed by atoms with Crippen LogP contribution in [-0.4, -0.2) is 28.9 Å². The molecule has 0 saturated carbocycles. The van der Waals surface area contributed by atoms with Crippen LogP contribution in [0.1, 0.15) is 22.3 Å². The molecule has 0 aromatic heterocycles. The second-order valence-electron chi connectivity index (χ2n) is 6.25. The molecule has 4 rings (SSSR count). The third kappa shape index (κ3) is 2.29. The molecule has 0 amide bonds. The van der Waals surface area contributed by atoms with Gasteiger partial charge in [0.15, 0.2) is 5.60 Å². The van der Waals surface area contributed by atoms with Crippen molar-refractivity contribution in [2.24, 2.45) is 10.1 Å². The van der Waals surface area contributed by atoms with E-state index in [4.69, 9.17) is 5.53 Å². The molecule has 7 nitrogen and oxygen atoms in total. The summed E-state index contributed by atoms with van der Waals surface area (Å²) >= 11 is 0. The van der Waals surface area contributed by atoms with Crippen molar-refractivity contribution in [3.63, 3.8) is 0 Å². The van der Waals surface area contributed by atoms with Crippen LogP contribution in [0, 0.1) is 6.92 Å². The summed E-state index contributed by atoms with van der Waals surface area (Å²) in [5.74, 6) is 0.0507. The van der Waals surface area contributed by atoms with Crippen molar-refractivity contribution in [1.29, 1.82) is 0 Å². The number of aryl methyl sites for hydroxylation is 1. The molecule has 2 aromatic carbocycles. The predicted octanol–water partition coefficient (Wildman–Crippen LogP) is 3.80. The molecule has 1 atom stereocenters. The van der Waals surface area contributed by atoms with Crippen molar-refractivity contribution >= 4 is 28.7 Å². The maximum absolute atomic E-state index is 12.9. The number of Topliss-reactive ketones (excluding diaryl/α,β-unsaturated/α-hetero) is 1. The third-order valence-corrected chi connectivity index (χ3v) is 4.64. The van der Waals surface area contributed by atoms with Gasteiger partial charge < -0.3 is 10.0 Å². The smallest absolute Gasteiger partial charge is 0.204 e. The number of azide groups is 1. The van der Waals surface area contributed by atoms with E-state index in [9.17, 15) is 9.90 Å². The zero-order valence-corrected chi connectivity index (χ0v) is 13.5. The highest BCUT2D eigenvalue weighted by molar-refractivity contribution is 6.28. The van der Waals surface area contributed by atoms with Crippen LogP contribution in [0.15, 0.2) is 52.6 Å². The van der Waals surface area contributed by atoms with Crippen LogP contribution in [0.2, 0.25) is 0 Å². The van der Waals surface area contributed by atoms with E-state index in [1.165, 1.54) is 0 Å². The number of rotatable bonds is 2. The number of ketones is 1. The first-order valence-electron chi connectivity index (χ1n) is 7.92. The van der Waals surface area contributed by atoms with Crippen molar-refractivity contribution in [3.05, 3.63) is 64.0 Å². The molecule has 2 heterocycles. The Bertz CT molecular complexity index is 960. The van der Waals surface area contributed by atoms with Crippen molar-refractivity contribution in [3.8, 4) is 0 Å². The summed E-state index contributed by atoms with van der Waals surface area (Å²) < 4.78 is 0. The Kier molecular flexibility index (Phi) is 3.35. The number of hydrogen-bond acceptors (Lipinski definition) is 5. The summed E-state index contributed by atoms with van der Waals surface area (Å²) in [7, 11) is 0. The fourth-order valence-corrected chi connectivity index (χ4v) is 3.35. The van der Waals surface area contributed by atoms with E-state index in [0.29, 0.717) is 29.3 Å². The minimum atomic E-state index is -1.59. The molecule has 0 aliphatic carbocycles. The molecule has 0 bridgehead atoms. The zero-order valence-electron chi connectivity index (χ0n) is 13.5. The first-order valence-corrected chi connectivity index (χ1v) is 7.92. The summed E-state index contributed by atoms with van der Waals surface area (Å²) in [6.45, 7) is 2.39. The molecular weight excluding hydrogens is 318 g/mol. The topological polar surface area (TPSA) is 102 Å². The van der Waals surface area contributed by atoms with Gasteiger partial charge in [-0.3, -0.25) is 4.79 Å². The highest BCUT2D eigenvalue weighted by Crippen LogP contribution is 2.39. The number of amidine groups is 1. The number of anilines is 1. The lowest BCUT2D eigenvalue weighted by Gasteiger charge is -2.29. The van der Waals surface area contributed by atoms with Gasteiger partial charge in [-0.15, -0.1) is 0 Å². The van der Waals surface area contributed by atoms with E-state index in [1.54, 1.807) is 36.4 Å². The average Bonchev–Trinajstić information content (AvgIpc) is 2.95. The summed E-state index contributed by atoms with van der Waals surface area (Å²) in [6.07, 6.45) is 0.288. The van der Waals surface area contributed by atoms with E-state index in [-0.39, 0.29) is 12.2 Å². The van der Waals surface area contributed by atoms with Crippen LogP contribution in [-0.2, 0) is 0 Å². The van der Waals surface area contributed by atoms with Gasteiger partial charge in [-0.2, -0.15) is 0 Å². The second kappa shape index (κ2) is 5.44. The van der Waals surface area contributed by atoms with Crippen LogP contribution in [0.3, 0.4) is 0 Å². The molecule has 2 aliphatic rings. The van der Waals surface area contributed by atoms with Crippen LogP contribution >= 0.6 is 0 Å². The van der Waals surface area contributed by atoms with Crippen LogP contribution in [0.4, 0.5) is 17.1 Å². The van der Waals surface area contributed by atoms with Gasteiger partial charge in [0.25, 0.3) is 0 Å². The number of carbonyl (C=O) groups excluding carboxylic acids is 1. The van der Waals surface area contributed by atoms with E-state index >= 15 is 0 Å². The van der Waals surface area contributed by atoms with Gasteiger partial charge in [-0.1, -0.05) is 28.9 Å². The minimum absolute atomic E-state index is 0.288. The summed E-state index contributed by atoms with van der Waals surface area (Å²) in [5.41, 5.74) is 10.2. The molecule has 1 saturated heterocycles. The molecule has 2 aliphatic heterocycles. The molecule has 0 unspecified atom stereocenters. The predicted molar refractivity (Wildman–Crippen MR) is 94.8 cm³/mol. The normalized spacial score (nSPS) is 21.3. The SMILES string of the molecule is Cc1ccc2c(c1)C(=O)[C@]1(O)CCN(c3ccc(N=[N+]=[N-])cc3)C1=N2. The van der Waals surface area contributed by atoms with Crippen molar-refractivity contribution in [1.82, 2.24) is 0 Å². The minimum Gasteiger partial charge on any atom is -0.374 e. The Hall–Kier alpha value is -3.15. The highest BCUT2D eigenvalue weighted by atomic mass is 16.3. The van der Waals surface area contributed by atoms with Crippen LogP contribution in [0.5, 0.6) is 0 Å². The second-order valence-corrected chi connectivity index (χ2v) is 6.25. The zero-order chi connectivity index (χ0) is 17.6. The van der Waals surface area contributed by atoms with Gasteiger partial charge in [0.2, 0.25) is 5.78 Å². The fraction of sp³-hybridized carbons (Fsp3) is 0.222. The molecule has 7 heteroatoms. The van der Waals surface area contributed by atoms with Gasteiger partial charge in [-0.05, 0) is 36.7 Å². The Morgan fingerprint density at radius 2 is 2.04 bits per heavy atom. The number of aliphatic imine (C=N–C) groups is 1. The molecule has 0 radical (unpaired) electrons. The number of aliphatic hydroxyl groups is 1. The number of benzene rings is 2. The molecule has 25 heavy (non-hydrogen) atoms. The lowest BCUT2D eigenvalue weighted by molar-refractivity contribution is 0.0602. The Labute approximate surface area is 143 Å². The lowest BCUT2D eigenvalue weighted by atomic mass is 9.87. The first kappa shape index (κ1) is 15.4. The standard InChI is InChI=1S/C18H15N5O2/c1-11-2-7-15-14(10-11)16(24)18(25)8-9-23(17(18)20-15)13-5-3-12(4-6-13)21-22-19/h2-7,10,25H,8-9H2,1H3/t18-/m1/s1. The van der Waals surface area contributed by atoms with Crippen molar-refractivity contribution in [2.75, 3.05) is 11.4 Å². The van der Waals surface area contributed by atoms with Gasteiger partial charge in [-0.25, -0.2) is 4.99 Å². The van der Waals surface area contributed by atoms with E-state index in [2.05, 4.69) is 15.0 Å². The third-order valence-electron chi connectivity index (χ3n) is 4.64. The lowest BCUT2D eigenvalue weighted by Crippen LogP contribution is -2.48. The number of fused-ring (bicyclic) bond motifs is 2. The summed E-state index contributed by atoms with van der Waals surface area (Å²) in [5, 5.41) is 14.5. The van der Waals surface area contributed by atoms with Crippen LogP contribution < -0.4 is 4.90 Å². The summed E-state index contributed by atoms with van der Waals surface area (Å²) in [6, 6.07) is 12.4. The van der Waals surface area contributed by atoms with Gasteiger partial charge >= 0.3 is 0 Å². The fourth-order valence-electron chi connectivity index (χ4n) is 3.35. The molecule has 1 fully saturated rings. The molecule has 124 valence electrons. The number of nitrogens with zero attached hydrogens (tertiary/aromatic N) is 5. The molecule has 2 aromatic rings. The highest BCUT2D eigenvalue weighted by Gasteiger charge is 2.52. The number of carbonyl (C=O) groups is 1. The van der Waals surface area contributed by atoms with E-state index in [0.717, 1.165) is 11.3 Å². The summed E-state index contributed by atoms with van der Waals surface area (Å²) in [4.78, 5) is 22.0. The first-order chi connectivity index (χ1) is 12.0. The van der Waals surface area contributed by atoms with Crippen molar-refractivity contribution in [2.45, 2.75) is 18.9 Å². The Balaban J connectivity index is 1.79. The van der Waals surface area contributed by atoms with Gasteiger partial charge in [0.1, 0.15) is 5.84 Å². The maximum Gasteiger partial charge on any atom is 0.204 e.